The van der Waals surface area contributed by atoms with E-state index in [9.17, 15) is 13.2 Å². The summed E-state index contributed by atoms with van der Waals surface area (Å²) in [4.78, 5) is 12.6. The molecule has 3 rings (SSSR count). The van der Waals surface area contributed by atoms with Crippen LogP contribution in [0, 0.1) is 24.3 Å². The highest BCUT2D eigenvalue weighted by molar-refractivity contribution is 14.1. The molecule has 31 heavy (non-hydrogen) atoms. The molecule has 0 saturated heterocycles. The number of rotatable bonds is 6. The van der Waals surface area contributed by atoms with Gasteiger partial charge in [-0.05, 0) is 108 Å². The Labute approximate surface area is 197 Å². The van der Waals surface area contributed by atoms with Crippen molar-refractivity contribution in [2.75, 3.05) is 15.9 Å². The Hall–Kier alpha value is -2.39. The highest BCUT2D eigenvalue weighted by Crippen LogP contribution is 2.24. The predicted octanol–water partition coefficient (Wildman–Crippen LogP) is 5.43. The molecule has 0 aromatic heterocycles. The first-order valence-corrected chi connectivity index (χ1v) is 12.7. The average Bonchev–Trinajstić information content (AvgIpc) is 2.70. The van der Waals surface area contributed by atoms with Gasteiger partial charge in [-0.3, -0.25) is 9.10 Å². The van der Waals surface area contributed by atoms with E-state index in [1.54, 1.807) is 24.3 Å². The third kappa shape index (κ3) is 5.86. The lowest BCUT2D eigenvalue weighted by Gasteiger charge is -2.23. The Morgan fingerprint density at radius 3 is 2.16 bits per heavy atom. The fraction of sp³-hybridized carbons (Fsp3) is 0.208. The first kappa shape index (κ1) is 23.3. The Bertz CT molecular complexity index is 1220. The van der Waals surface area contributed by atoms with Crippen LogP contribution in [0.4, 0.5) is 11.4 Å². The molecule has 162 valence electrons. The van der Waals surface area contributed by atoms with Crippen molar-refractivity contribution in [1.82, 2.24) is 0 Å². The Morgan fingerprint density at radius 1 is 0.903 bits per heavy atom. The lowest BCUT2D eigenvalue weighted by atomic mass is 10.1. The van der Waals surface area contributed by atoms with Gasteiger partial charge >= 0.3 is 0 Å². The molecule has 1 amide bonds. The van der Waals surface area contributed by atoms with Crippen LogP contribution in [-0.2, 0) is 16.6 Å². The molecule has 0 bridgehead atoms. The topological polar surface area (TPSA) is 66.5 Å². The lowest BCUT2D eigenvalue weighted by molar-refractivity contribution is 0.102. The number of aryl methyl sites for hydroxylation is 3. The van der Waals surface area contributed by atoms with E-state index in [4.69, 9.17) is 0 Å². The van der Waals surface area contributed by atoms with Gasteiger partial charge in [-0.2, -0.15) is 0 Å². The number of hydrogen-bond donors (Lipinski definition) is 1. The van der Waals surface area contributed by atoms with Crippen LogP contribution in [0.15, 0.2) is 60.7 Å². The van der Waals surface area contributed by atoms with Gasteiger partial charge in [0.15, 0.2) is 0 Å². The first-order valence-electron chi connectivity index (χ1n) is 9.76. The number of nitrogens with one attached hydrogen (secondary N) is 1. The summed E-state index contributed by atoms with van der Waals surface area (Å²) in [5.74, 6) is -0.204. The number of amides is 1. The molecule has 0 saturated carbocycles. The van der Waals surface area contributed by atoms with Crippen LogP contribution >= 0.6 is 22.6 Å². The van der Waals surface area contributed by atoms with Gasteiger partial charge in [0.1, 0.15) is 0 Å². The number of carbonyl (C=O) groups is 1. The van der Waals surface area contributed by atoms with Crippen LogP contribution in [0.25, 0.3) is 0 Å². The van der Waals surface area contributed by atoms with Gasteiger partial charge in [0, 0.05) is 14.8 Å². The van der Waals surface area contributed by atoms with Crippen LogP contribution in [-0.4, -0.2) is 20.6 Å². The van der Waals surface area contributed by atoms with Crippen molar-refractivity contribution in [3.05, 3.63) is 92.1 Å². The molecule has 0 aliphatic rings. The van der Waals surface area contributed by atoms with Gasteiger partial charge < -0.3 is 5.32 Å². The number of benzene rings is 3. The summed E-state index contributed by atoms with van der Waals surface area (Å²) < 4.78 is 27.3. The summed E-state index contributed by atoms with van der Waals surface area (Å²) in [5, 5.41) is 2.93. The number of halogens is 1. The quantitative estimate of drug-likeness (QED) is 0.418. The van der Waals surface area contributed by atoms with Crippen LogP contribution in [0.3, 0.4) is 0 Å². The molecule has 3 aromatic rings. The average molecular weight is 548 g/mol. The molecular weight excluding hydrogens is 523 g/mol. The fourth-order valence-electron chi connectivity index (χ4n) is 3.17. The van der Waals surface area contributed by atoms with E-state index in [0.717, 1.165) is 31.5 Å². The van der Waals surface area contributed by atoms with Crippen LogP contribution in [0.1, 0.15) is 32.6 Å². The molecule has 0 radical (unpaired) electrons. The van der Waals surface area contributed by atoms with E-state index >= 15 is 0 Å². The van der Waals surface area contributed by atoms with Crippen molar-refractivity contribution in [2.45, 2.75) is 27.3 Å². The second kappa shape index (κ2) is 9.40. The molecule has 0 atom stereocenters. The number of sulfonamides is 1. The van der Waals surface area contributed by atoms with Crippen molar-refractivity contribution in [1.29, 1.82) is 0 Å². The van der Waals surface area contributed by atoms with Gasteiger partial charge in [0.25, 0.3) is 5.91 Å². The minimum atomic E-state index is -3.47. The monoisotopic (exact) mass is 548 g/mol. The van der Waals surface area contributed by atoms with E-state index in [2.05, 4.69) is 27.9 Å². The van der Waals surface area contributed by atoms with E-state index in [0.29, 0.717) is 11.3 Å². The maximum absolute atomic E-state index is 12.6. The minimum absolute atomic E-state index is 0.194. The highest BCUT2D eigenvalue weighted by Gasteiger charge is 2.19. The van der Waals surface area contributed by atoms with E-state index in [1.165, 1.54) is 10.6 Å². The van der Waals surface area contributed by atoms with Gasteiger partial charge in [0.05, 0.1) is 18.5 Å². The van der Waals surface area contributed by atoms with E-state index in [1.807, 2.05) is 57.2 Å². The third-order valence-corrected chi connectivity index (χ3v) is 6.97. The smallest absolute Gasteiger partial charge is 0.255 e. The van der Waals surface area contributed by atoms with Gasteiger partial charge in [-0.1, -0.05) is 18.2 Å². The molecule has 0 spiro atoms. The standard InChI is InChI=1S/C24H25IN2O3S/c1-16-5-11-22(14-17(16)2)27(31(4,29)30)15-19-6-8-20(9-7-19)24(28)26-23-12-10-21(25)13-18(23)3/h5-14H,15H2,1-4H3,(H,26,28). The van der Waals surface area contributed by atoms with Gasteiger partial charge in [0.2, 0.25) is 10.0 Å². The highest BCUT2D eigenvalue weighted by atomic mass is 127. The first-order chi connectivity index (χ1) is 14.5. The van der Waals surface area contributed by atoms with Crippen LogP contribution in [0.2, 0.25) is 0 Å². The second-order valence-electron chi connectivity index (χ2n) is 7.65. The van der Waals surface area contributed by atoms with Crippen molar-refractivity contribution < 1.29 is 13.2 Å². The maximum Gasteiger partial charge on any atom is 0.255 e. The lowest BCUT2D eigenvalue weighted by Crippen LogP contribution is -2.29. The summed E-state index contributed by atoms with van der Waals surface area (Å²) in [7, 11) is -3.47. The van der Waals surface area contributed by atoms with Crippen molar-refractivity contribution >= 4 is 49.9 Å². The Morgan fingerprint density at radius 2 is 1.58 bits per heavy atom. The van der Waals surface area contributed by atoms with E-state index in [-0.39, 0.29) is 12.5 Å². The molecule has 0 unspecified atom stereocenters. The number of nitrogens with zero attached hydrogens (tertiary/aromatic N) is 1. The molecule has 0 heterocycles. The molecule has 0 aliphatic heterocycles. The van der Waals surface area contributed by atoms with Crippen LogP contribution in [0.5, 0.6) is 0 Å². The van der Waals surface area contributed by atoms with Crippen molar-refractivity contribution in [3.8, 4) is 0 Å². The molecule has 1 N–H and O–H groups in total. The zero-order valence-electron chi connectivity index (χ0n) is 17.9. The van der Waals surface area contributed by atoms with Gasteiger partial charge in [-0.25, -0.2) is 8.42 Å². The Kier molecular flexibility index (Phi) is 7.06. The summed E-state index contributed by atoms with van der Waals surface area (Å²) in [6, 6.07) is 18.4. The molecular formula is C24H25IN2O3S. The SMILES string of the molecule is Cc1ccc(N(Cc2ccc(C(=O)Nc3ccc(I)cc3C)cc2)S(C)(=O)=O)cc1C. The van der Waals surface area contributed by atoms with Crippen LogP contribution < -0.4 is 9.62 Å². The largest absolute Gasteiger partial charge is 0.322 e. The minimum Gasteiger partial charge on any atom is -0.322 e. The predicted molar refractivity (Wildman–Crippen MR) is 135 cm³/mol. The second-order valence-corrected chi connectivity index (χ2v) is 10.8. The zero-order chi connectivity index (χ0) is 22.8. The summed E-state index contributed by atoms with van der Waals surface area (Å²) in [6.45, 7) is 6.10. The number of hydrogen-bond acceptors (Lipinski definition) is 3. The molecule has 7 heteroatoms. The number of carbonyl (C=O) groups excluding carboxylic acids is 1. The van der Waals surface area contributed by atoms with Gasteiger partial charge in [-0.15, -0.1) is 0 Å². The third-order valence-electron chi connectivity index (χ3n) is 5.16. The van der Waals surface area contributed by atoms with Crippen molar-refractivity contribution in [3.63, 3.8) is 0 Å². The summed E-state index contributed by atoms with van der Waals surface area (Å²) in [6.07, 6.45) is 1.20. The normalized spacial score (nSPS) is 11.3. The molecule has 3 aromatic carbocycles. The van der Waals surface area contributed by atoms with Crippen molar-refractivity contribution in [2.24, 2.45) is 0 Å². The van der Waals surface area contributed by atoms with E-state index < -0.39 is 10.0 Å². The number of anilines is 2. The zero-order valence-corrected chi connectivity index (χ0v) is 20.9. The summed E-state index contributed by atoms with van der Waals surface area (Å²) >= 11 is 2.23. The fourth-order valence-corrected chi connectivity index (χ4v) is 4.70. The molecule has 0 fully saturated rings. The maximum atomic E-state index is 12.6. The molecule has 0 aliphatic carbocycles. The Balaban J connectivity index is 1.79. The summed E-state index contributed by atoms with van der Waals surface area (Å²) in [5.41, 5.74) is 5.84. The molecule has 5 nitrogen and oxygen atoms in total.